The van der Waals surface area contributed by atoms with Gasteiger partial charge < -0.3 is 0 Å². The Morgan fingerprint density at radius 3 is 1.36 bits per heavy atom. The van der Waals surface area contributed by atoms with Crippen molar-refractivity contribution in [2.45, 2.75) is 52.8 Å². The van der Waals surface area contributed by atoms with Crippen LogP contribution in [0.15, 0.2) is 0 Å². The van der Waals surface area contributed by atoms with Crippen molar-refractivity contribution in [1.82, 2.24) is 0 Å². The molecule has 0 aliphatic carbocycles. The highest BCUT2D eigenvalue weighted by atomic mass is 31.2. The molecule has 0 bridgehead atoms. The number of rotatable bonds is 7. The number of hydrogen-bond donors (Lipinski definition) is 0. The average Bonchev–Trinajstić information content (AvgIpc) is 2.26. The zero-order valence-electron chi connectivity index (χ0n) is 11.2. The van der Waals surface area contributed by atoms with E-state index >= 15 is 0 Å². The fourth-order valence-electron chi connectivity index (χ4n) is 2.34. The SMILES string of the molecule is CC[Si](CC)(CC)C[P+](C)(CC)CC. The van der Waals surface area contributed by atoms with Crippen molar-refractivity contribution in [3.05, 3.63) is 0 Å². The third-order valence-corrected chi connectivity index (χ3v) is 17.8. The Bertz CT molecular complexity index is 140. The topological polar surface area (TPSA) is 0 Å². The van der Waals surface area contributed by atoms with Gasteiger partial charge in [0.25, 0.3) is 0 Å². The van der Waals surface area contributed by atoms with Gasteiger partial charge in [0.05, 0.1) is 20.4 Å². The van der Waals surface area contributed by atoms with Gasteiger partial charge in [0.1, 0.15) is 0 Å². The summed E-state index contributed by atoms with van der Waals surface area (Å²) in [6, 6.07) is 4.53. The second-order valence-electron chi connectivity index (χ2n) is 4.97. The monoisotopic (exact) mass is 233 g/mol. The van der Waals surface area contributed by atoms with E-state index < -0.39 is 15.3 Å². The first-order chi connectivity index (χ1) is 6.51. The molecule has 0 aliphatic heterocycles. The summed E-state index contributed by atoms with van der Waals surface area (Å²) in [7, 11) is -1.39. The molecule has 0 heterocycles. The smallest absolute Gasteiger partial charge is 0.0676 e. The maximum Gasteiger partial charge on any atom is 0.0971 e. The van der Waals surface area contributed by atoms with Crippen molar-refractivity contribution in [1.29, 1.82) is 0 Å². The lowest BCUT2D eigenvalue weighted by Gasteiger charge is -2.33. The lowest BCUT2D eigenvalue weighted by molar-refractivity contribution is 1.16. The van der Waals surface area contributed by atoms with Gasteiger partial charge in [-0.05, 0) is 13.8 Å². The molecule has 0 amide bonds. The van der Waals surface area contributed by atoms with Gasteiger partial charge in [-0.3, -0.25) is 0 Å². The maximum absolute atomic E-state index is 2.61. The summed E-state index contributed by atoms with van der Waals surface area (Å²) in [5.74, 6) is 1.66. The van der Waals surface area contributed by atoms with E-state index in [2.05, 4.69) is 41.3 Å². The first-order valence-electron chi connectivity index (χ1n) is 6.35. The standard InChI is InChI=1S/C12H30PSi/c1-7-13(6,8-2)12-14(9-3,10-4)11-5/h7-12H2,1-6H3/q+1. The first-order valence-corrected chi connectivity index (χ1v) is 12.0. The van der Waals surface area contributed by atoms with Crippen LogP contribution in [0.5, 0.6) is 0 Å². The zero-order valence-corrected chi connectivity index (χ0v) is 13.1. The van der Waals surface area contributed by atoms with Crippen LogP contribution >= 0.6 is 7.26 Å². The Hall–Kier alpha value is 0.647. The van der Waals surface area contributed by atoms with Crippen LogP contribution in [0.4, 0.5) is 0 Å². The lowest BCUT2D eigenvalue weighted by Crippen LogP contribution is -2.38. The van der Waals surface area contributed by atoms with E-state index in [1.165, 1.54) is 30.5 Å². The van der Waals surface area contributed by atoms with Gasteiger partial charge >= 0.3 is 0 Å². The zero-order chi connectivity index (χ0) is 11.2. The molecule has 14 heavy (non-hydrogen) atoms. The predicted octanol–water partition coefficient (Wildman–Crippen LogP) is 4.72. The Morgan fingerprint density at radius 1 is 0.786 bits per heavy atom. The lowest BCUT2D eigenvalue weighted by atomic mass is 10.9. The van der Waals surface area contributed by atoms with Gasteiger partial charge in [-0.1, -0.05) is 38.9 Å². The van der Waals surface area contributed by atoms with Crippen molar-refractivity contribution in [3.63, 3.8) is 0 Å². The third-order valence-electron chi connectivity index (χ3n) is 4.49. The van der Waals surface area contributed by atoms with Crippen LogP contribution in [-0.2, 0) is 0 Å². The molecule has 0 aromatic heterocycles. The molecule has 0 aromatic carbocycles. The van der Waals surface area contributed by atoms with Crippen LogP contribution in [0.25, 0.3) is 0 Å². The third kappa shape index (κ3) is 3.66. The van der Waals surface area contributed by atoms with Gasteiger partial charge in [0.2, 0.25) is 0 Å². The van der Waals surface area contributed by atoms with E-state index in [1.54, 1.807) is 5.79 Å². The van der Waals surface area contributed by atoms with Crippen LogP contribution in [0.2, 0.25) is 18.1 Å². The average molecular weight is 233 g/mol. The molecule has 86 valence electrons. The van der Waals surface area contributed by atoms with Crippen molar-refractivity contribution >= 4 is 15.3 Å². The molecule has 0 aliphatic rings. The van der Waals surface area contributed by atoms with Crippen molar-refractivity contribution in [3.8, 4) is 0 Å². The fourth-order valence-corrected chi connectivity index (χ4v) is 15.2. The normalized spacial score (nSPS) is 13.3. The fraction of sp³-hybridized carbons (Fsp3) is 1.00. The van der Waals surface area contributed by atoms with Crippen LogP contribution in [0, 0.1) is 0 Å². The highest BCUT2D eigenvalue weighted by Crippen LogP contribution is 2.57. The molecular formula is C12H30PSi+. The van der Waals surface area contributed by atoms with Crippen LogP contribution in [-0.4, -0.2) is 32.8 Å². The first kappa shape index (κ1) is 14.6. The molecule has 0 aromatic rings. The molecule has 0 fully saturated rings. The van der Waals surface area contributed by atoms with Gasteiger partial charge in [-0.15, -0.1) is 0 Å². The molecule has 0 nitrogen and oxygen atoms in total. The largest absolute Gasteiger partial charge is 0.0971 e. The summed E-state index contributed by atoms with van der Waals surface area (Å²) in [6.07, 6.45) is 2.94. The van der Waals surface area contributed by atoms with E-state index in [4.69, 9.17) is 0 Å². The van der Waals surface area contributed by atoms with Crippen LogP contribution in [0.1, 0.15) is 34.6 Å². The molecule has 0 N–H and O–H groups in total. The second-order valence-corrected chi connectivity index (χ2v) is 15.9. The van der Waals surface area contributed by atoms with Crippen molar-refractivity contribution in [2.75, 3.05) is 24.8 Å². The molecule has 0 saturated heterocycles. The number of hydrogen-bond acceptors (Lipinski definition) is 0. The quantitative estimate of drug-likeness (QED) is 0.441. The molecule has 0 rings (SSSR count). The van der Waals surface area contributed by atoms with E-state index in [-0.39, 0.29) is 0 Å². The Labute approximate surface area is 93.2 Å². The van der Waals surface area contributed by atoms with Crippen LogP contribution < -0.4 is 0 Å². The minimum Gasteiger partial charge on any atom is -0.0676 e. The minimum absolute atomic E-state index is 0.541. The highest BCUT2D eigenvalue weighted by molar-refractivity contribution is 7.77. The Balaban J connectivity index is 4.56. The summed E-state index contributed by atoms with van der Waals surface area (Å²) in [5.41, 5.74) is 0. The van der Waals surface area contributed by atoms with Crippen molar-refractivity contribution < 1.29 is 0 Å². The predicted molar refractivity (Wildman–Crippen MR) is 76.0 cm³/mol. The van der Waals surface area contributed by atoms with Crippen molar-refractivity contribution in [2.24, 2.45) is 0 Å². The molecule has 2 heteroatoms. The molecule has 0 radical (unpaired) electrons. The minimum atomic E-state index is -0.845. The van der Waals surface area contributed by atoms with Gasteiger partial charge in [0, 0.05) is 19.7 Å². The summed E-state index contributed by atoms with van der Waals surface area (Å²) in [4.78, 5) is 0. The van der Waals surface area contributed by atoms with Gasteiger partial charge in [-0.2, -0.15) is 0 Å². The second kappa shape index (κ2) is 6.28. The maximum atomic E-state index is 2.61. The van der Waals surface area contributed by atoms with Gasteiger partial charge in [-0.25, -0.2) is 0 Å². The summed E-state index contributed by atoms with van der Waals surface area (Å²) in [6.45, 7) is 14.8. The summed E-state index contributed by atoms with van der Waals surface area (Å²) < 4.78 is 0. The molecule has 0 spiro atoms. The Morgan fingerprint density at radius 2 is 1.14 bits per heavy atom. The van der Waals surface area contributed by atoms with E-state index in [0.29, 0.717) is 0 Å². The highest BCUT2D eigenvalue weighted by Gasteiger charge is 2.39. The molecule has 0 atom stereocenters. The molecule has 0 unspecified atom stereocenters. The van der Waals surface area contributed by atoms with E-state index in [1.807, 2.05) is 0 Å². The Kier molecular flexibility index (Phi) is 6.57. The summed E-state index contributed by atoms with van der Waals surface area (Å²) >= 11 is 0. The molecular weight excluding hydrogens is 203 g/mol. The van der Waals surface area contributed by atoms with Gasteiger partial charge in [0.15, 0.2) is 0 Å². The van der Waals surface area contributed by atoms with E-state index in [0.717, 1.165) is 0 Å². The van der Waals surface area contributed by atoms with E-state index in [9.17, 15) is 0 Å². The summed E-state index contributed by atoms with van der Waals surface area (Å²) in [5, 5.41) is 0. The van der Waals surface area contributed by atoms with Crippen LogP contribution in [0.3, 0.4) is 0 Å². The molecule has 0 saturated carbocycles.